The molecule has 6 aliphatic carbocycles. The van der Waals surface area contributed by atoms with Gasteiger partial charge < -0.3 is 28.1 Å². The van der Waals surface area contributed by atoms with Crippen molar-refractivity contribution in [3.8, 4) is 22.7 Å². The van der Waals surface area contributed by atoms with Crippen molar-refractivity contribution >= 4 is 133 Å². The van der Waals surface area contributed by atoms with E-state index in [0.29, 0.717) is 42.5 Å². The molecule has 2 aliphatic heterocycles. The van der Waals surface area contributed by atoms with Gasteiger partial charge >= 0.3 is 0 Å². The highest BCUT2D eigenvalue weighted by molar-refractivity contribution is 7.00. The molecule has 0 amide bonds. The van der Waals surface area contributed by atoms with Crippen LogP contribution in [0.4, 0.5) is 22.7 Å². The smallest absolute Gasteiger partial charge is 0.252 e. The summed E-state index contributed by atoms with van der Waals surface area (Å²) in [6, 6.07) is -25.9. The molecule has 614 valence electrons. The Kier molecular flexibility index (Phi) is 11.5. The summed E-state index contributed by atoms with van der Waals surface area (Å²) in [7, 11) is 0. The third kappa shape index (κ3) is 12.5. The van der Waals surface area contributed by atoms with E-state index in [9.17, 15) is 38.4 Å². The van der Waals surface area contributed by atoms with Gasteiger partial charge in [-0.3, -0.25) is 0 Å². The third-order valence-corrected chi connectivity index (χ3v) is 30.8. The third-order valence-electron chi connectivity index (χ3n) is 30.8. The number of anilines is 4. The van der Waals surface area contributed by atoms with Crippen LogP contribution in [0.5, 0.6) is 0 Å². The molecule has 8 aliphatic rings. The molecule has 7 heteroatoms. The van der Waals surface area contributed by atoms with E-state index in [2.05, 4.69) is 84.2 Å². The van der Waals surface area contributed by atoms with Crippen molar-refractivity contribution in [3.05, 3.63) is 235 Å². The first-order chi connectivity index (χ1) is 74.0. The second-order valence-corrected chi connectivity index (χ2v) is 40.2. The minimum atomic E-state index is -1.61. The van der Waals surface area contributed by atoms with Gasteiger partial charge in [-0.15, -0.1) is 0 Å². The van der Waals surface area contributed by atoms with E-state index in [1.54, 1.807) is 0 Å². The largest absolute Gasteiger partial charge is 0.339 e. The van der Waals surface area contributed by atoms with E-state index in [0.717, 1.165) is 152 Å². The predicted octanol–water partition coefficient (Wildman–Crippen LogP) is 29.2. The Morgan fingerprint density at radius 3 is 0.818 bits per heavy atom. The summed E-state index contributed by atoms with van der Waals surface area (Å²) in [5, 5.41) is -3.80. The Balaban J connectivity index is 0.912. The van der Waals surface area contributed by atoms with Gasteiger partial charge in [0.15, 0.2) is 0 Å². The zero-order valence-electron chi connectivity index (χ0n) is 107. The molecule has 4 atom stereocenters. The molecule has 0 bridgehead atoms. The summed E-state index contributed by atoms with van der Waals surface area (Å²) < 4.78 is 370. The maximum absolute atomic E-state index is 12.4. The Hall–Kier alpha value is -9.72. The average Bonchev–Trinajstić information content (AvgIpc) is 0.684. The van der Waals surface area contributed by atoms with E-state index in [4.69, 9.17) is 11.0 Å². The van der Waals surface area contributed by atoms with Gasteiger partial charge in [0.2, 0.25) is 0 Å². The SMILES string of the molecule is [2H]c1c([2H])c(-n2c3c([2H])c([2H])c([2H])c([2H])c3c3c([2H])c(-n4c5c([2H])c([2H])c([2H])c([2H])c5c5c([2H])c([2H])c([2H])c([2H])c54)c([2H])c([2H])c32)c([2H])c2c1B1c3c(cc(C(C)(C)C)cc3N(C3C(C4CCCCC4)CC(C(C)(C)C)CC3C3CCCCC3)c3c([2H])c(-n4c5c([2H])c([2H])c([2H])c([2H])c5c5c([2H])c(-n6c7c([2H])c([2H])c([2H])c([2H])c7c7c([2H])c([2H])c([2H])c([2H])c76)c([2H])c([2H])c54)c([2H])c([2H])c31)N2C1C(C2CCCCC2)CC(C(C)(C)C)CC1C1CCCCC1. The quantitative estimate of drug-likeness (QED) is 0.128. The molecule has 121 heavy (non-hydrogen) atoms. The van der Waals surface area contributed by atoms with Crippen LogP contribution in [-0.4, -0.2) is 37.1 Å². The van der Waals surface area contributed by atoms with E-state index in [1.807, 2.05) is 0 Å². The molecule has 6 heterocycles. The summed E-state index contributed by atoms with van der Waals surface area (Å²) in [6.45, 7) is 18.6. The molecule has 6 nitrogen and oxygen atoms in total. The number of hydrogen-bond donors (Lipinski definition) is 0. The van der Waals surface area contributed by atoms with Crippen LogP contribution in [0, 0.1) is 70.0 Å². The molecule has 6 saturated carbocycles. The fraction of sp³-hybridized carbons (Fsp3) is 0.421. The van der Waals surface area contributed by atoms with Gasteiger partial charge in [0, 0.05) is 101 Å². The molecule has 4 unspecified atom stereocenters. The van der Waals surface area contributed by atoms with E-state index >= 15 is 0 Å². The highest BCUT2D eigenvalue weighted by Gasteiger charge is 2.57. The fourth-order valence-corrected chi connectivity index (χ4v) is 24.8. The van der Waals surface area contributed by atoms with Crippen molar-refractivity contribution < 1.29 is 49.3 Å². The van der Waals surface area contributed by atoms with Crippen LogP contribution in [0.3, 0.4) is 0 Å². The first kappa shape index (κ1) is 47.2. The number of benzene rings is 11. The van der Waals surface area contributed by atoms with Crippen LogP contribution in [-0.2, 0) is 5.41 Å². The second kappa shape index (κ2) is 29.5. The molecular formula is C114H125BN6. The Morgan fingerprint density at radius 1 is 0.281 bits per heavy atom. The van der Waals surface area contributed by atoms with Crippen molar-refractivity contribution in [3.63, 3.8) is 0 Å². The van der Waals surface area contributed by atoms with Crippen LogP contribution in [0.25, 0.3) is 110 Å². The van der Waals surface area contributed by atoms with Gasteiger partial charge in [-0.1, -0.05) is 312 Å². The number of rotatable bonds is 10. The molecule has 11 aromatic carbocycles. The summed E-state index contributed by atoms with van der Waals surface area (Å²) in [4.78, 5) is 4.63. The number of fused-ring (bicyclic) bond motifs is 16. The molecule has 0 radical (unpaired) electrons. The van der Waals surface area contributed by atoms with E-state index in [1.165, 1.54) is 0 Å². The van der Waals surface area contributed by atoms with E-state index < -0.39 is 352 Å². The normalized spacial score (nSPS) is 27.4. The maximum atomic E-state index is 12.4. The monoisotopic (exact) mass is 1630 g/mol. The number of aromatic nitrogens is 4. The Bertz CT molecular complexity index is 8100. The second-order valence-electron chi connectivity index (χ2n) is 40.2. The first-order valence-corrected chi connectivity index (χ1v) is 45.1. The summed E-state index contributed by atoms with van der Waals surface area (Å²) in [5.74, 6) is -0.549. The predicted molar refractivity (Wildman–Crippen MR) is 517 cm³/mol. The van der Waals surface area contributed by atoms with Crippen LogP contribution >= 0.6 is 0 Å². The molecular weight excluding hydrogens is 1460 g/mol. The molecule has 4 aromatic heterocycles. The summed E-state index contributed by atoms with van der Waals surface area (Å²) in [5.41, 5.74) is -6.03. The van der Waals surface area contributed by atoms with Crippen LogP contribution in [0.15, 0.2) is 230 Å². The fourth-order valence-electron chi connectivity index (χ4n) is 24.8. The topological polar surface area (TPSA) is 26.2 Å². The van der Waals surface area contributed by atoms with Gasteiger partial charge in [0.1, 0.15) is 0 Å². The van der Waals surface area contributed by atoms with Gasteiger partial charge in [0.25, 0.3) is 6.71 Å². The minimum Gasteiger partial charge on any atom is -0.339 e. The van der Waals surface area contributed by atoms with Gasteiger partial charge in [0.05, 0.1) is 93.5 Å². The summed E-state index contributed by atoms with van der Waals surface area (Å²) in [6.07, 6.45) is 20.6. The van der Waals surface area contributed by atoms with Gasteiger partial charge in [-0.05, 0) is 232 Å². The summed E-state index contributed by atoms with van der Waals surface area (Å²) >= 11 is 0. The number of hydrogen-bond acceptors (Lipinski definition) is 2. The Morgan fingerprint density at radius 2 is 0.537 bits per heavy atom. The molecule has 23 rings (SSSR count). The number of nitrogens with zero attached hydrogens (tertiary/aromatic N) is 6. The van der Waals surface area contributed by atoms with Crippen molar-refractivity contribution in [2.75, 3.05) is 9.80 Å². The zero-order chi connectivity index (χ0) is 113. The van der Waals surface area contributed by atoms with Gasteiger partial charge in [-0.25, -0.2) is 0 Å². The molecule has 15 aromatic rings. The molecule has 0 N–H and O–H groups in total. The van der Waals surface area contributed by atoms with Gasteiger partial charge in [-0.2, -0.15) is 0 Å². The standard InChI is InChI=1S/C114H125BN6/c1-112(2,3)76-62-89(72-34-14-10-15-35-72)110(90(63-76)73-36-16-11-17-37-73)120-105-70-81(118-101-52-32-26-46-87(101)93-68-79(56-60-103(93)118)116-97-48-28-22-42-83(97)84-43-23-29-49-98(84)116)54-58-95(105)115-96-59-55-82(119-102-53-33-27-47-88(102)94-69-80(57-61-104(94)119)117-99-50-30-24-44-85(99)86-45-25-31-51-100(86)117)71-106(96)121(108-67-78(114(7,8)9)66-107(120)109(108)115)111-91(74-38-18-12-19-39-74)64-77(113(4,5)6)65-92(111)75-40-20-13-21-41-75/h22-33,42-61,66-77,89-92,110-111H,10-21,34-41,62-65H2,1-9H3/i22D,23D,24D,25D,26D,27D,28D,29D,30D,31D,32D,33D,42D,43D,44D,45D,46D,47D,48D,49D,50D,51D,52D,53D,54D,55D,56D,57D,58D,59D,60D,61D,68D,69D,70D,71D. The number of para-hydroxylation sites is 6. The highest BCUT2D eigenvalue weighted by atomic mass is 15.2. The molecule has 0 spiro atoms. The minimum absolute atomic E-state index is 0.00348. The lowest BCUT2D eigenvalue weighted by Crippen LogP contribution is -2.67. The lowest BCUT2D eigenvalue weighted by Gasteiger charge is -2.59. The van der Waals surface area contributed by atoms with Crippen LogP contribution < -0.4 is 26.2 Å². The lowest BCUT2D eigenvalue weighted by atomic mass is 9.33. The van der Waals surface area contributed by atoms with Crippen molar-refractivity contribution in [1.29, 1.82) is 0 Å². The van der Waals surface area contributed by atoms with Crippen molar-refractivity contribution in [2.24, 2.45) is 70.0 Å². The van der Waals surface area contributed by atoms with Crippen LogP contribution in [0.2, 0.25) is 0 Å². The molecule has 6 fully saturated rings. The van der Waals surface area contributed by atoms with Crippen LogP contribution in [0.1, 0.15) is 271 Å². The zero-order valence-corrected chi connectivity index (χ0v) is 70.8. The van der Waals surface area contributed by atoms with Crippen molar-refractivity contribution in [2.45, 2.75) is 234 Å². The Labute approximate surface area is 769 Å². The van der Waals surface area contributed by atoms with Crippen molar-refractivity contribution in [1.82, 2.24) is 18.3 Å². The lowest BCUT2D eigenvalue weighted by molar-refractivity contribution is 0.0144. The maximum Gasteiger partial charge on any atom is 0.252 e. The van der Waals surface area contributed by atoms with E-state index in [-0.39, 0.29) is 92.3 Å². The first-order valence-electron chi connectivity index (χ1n) is 63.1. The highest BCUT2D eigenvalue weighted by Crippen LogP contribution is 2.60. The molecule has 0 saturated heterocycles. The average molecular weight is 1630 g/mol.